The zero-order valence-corrected chi connectivity index (χ0v) is 18.0. The summed E-state index contributed by atoms with van der Waals surface area (Å²) in [5, 5.41) is 7.16. The maximum atomic E-state index is 12.6. The number of ether oxygens (including phenoxy) is 1. The first-order valence-electron chi connectivity index (χ1n) is 10.7. The van der Waals surface area contributed by atoms with Gasteiger partial charge >= 0.3 is 6.09 Å². The van der Waals surface area contributed by atoms with Crippen LogP contribution in [0.25, 0.3) is 11.1 Å². The topological polar surface area (TPSA) is 113 Å². The SMILES string of the molecule is CCOC(=O)N1CC(N=NN)=Nc2ccc(-c3ccc(C(=O)N4CCCC4)cc3)cc2C1. The van der Waals surface area contributed by atoms with E-state index in [1.54, 1.807) is 6.92 Å². The number of aliphatic imine (C=N–C) groups is 1. The van der Waals surface area contributed by atoms with Gasteiger partial charge in [0.25, 0.3) is 5.91 Å². The Morgan fingerprint density at radius 1 is 1.03 bits per heavy atom. The Morgan fingerprint density at radius 3 is 2.44 bits per heavy atom. The highest BCUT2D eigenvalue weighted by molar-refractivity contribution is 5.95. The maximum absolute atomic E-state index is 12.6. The van der Waals surface area contributed by atoms with Crippen LogP contribution in [0.3, 0.4) is 0 Å². The molecule has 4 rings (SSSR count). The van der Waals surface area contributed by atoms with Gasteiger partial charge in [0.2, 0.25) is 0 Å². The monoisotopic (exact) mass is 434 g/mol. The van der Waals surface area contributed by atoms with E-state index in [-0.39, 0.29) is 19.1 Å². The van der Waals surface area contributed by atoms with Crippen molar-refractivity contribution in [2.45, 2.75) is 26.3 Å². The number of hydrogen-bond donors (Lipinski definition) is 1. The molecule has 2 heterocycles. The van der Waals surface area contributed by atoms with Gasteiger partial charge in [-0.05, 0) is 60.7 Å². The van der Waals surface area contributed by atoms with Crippen LogP contribution >= 0.6 is 0 Å². The molecule has 0 aliphatic carbocycles. The van der Waals surface area contributed by atoms with E-state index in [4.69, 9.17) is 10.6 Å². The molecule has 2 N–H and O–H groups in total. The van der Waals surface area contributed by atoms with Crippen molar-refractivity contribution in [3.63, 3.8) is 0 Å². The fraction of sp³-hybridized carbons (Fsp3) is 0.348. The van der Waals surface area contributed by atoms with E-state index in [1.165, 1.54) is 4.90 Å². The van der Waals surface area contributed by atoms with Crippen molar-refractivity contribution in [3.8, 4) is 11.1 Å². The lowest BCUT2D eigenvalue weighted by Gasteiger charge is -2.20. The Bertz CT molecular complexity index is 1060. The van der Waals surface area contributed by atoms with Gasteiger partial charge in [0.1, 0.15) is 0 Å². The molecule has 9 nitrogen and oxygen atoms in total. The average Bonchev–Trinajstić information content (AvgIpc) is 3.28. The lowest BCUT2D eigenvalue weighted by atomic mass is 10.00. The number of likely N-dealkylation sites (tertiary alicyclic amines) is 1. The highest BCUT2D eigenvalue weighted by Crippen LogP contribution is 2.30. The lowest BCUT2D eigenvalue weighted by molar-refractivity contribution is 0.0792. The van der Waals surface area contributed by atoms with Gasteiger partial charge < -0.3 is 15.5 Å². The third-order valence-electron chi connectivity index (χ3n) is 5.58. The minimum Gasteiger partial charge on any atom is -0.450 e. The first kappa shape index (κ1) is 21.5. The van der Waals surface area contributed by atoms with E-state index in [9.17, 15) is 9.59 Å². The van der Waals surface area contributed by atoms with E-state index in [2.05, 4.69) is 15.3 Å². The van der Waals surface area contributed by atoms with Gasteiger partial charge in [0, 0.05) is 18.7 Å². The number of rotatable bonds is 3. The Kier molecular flexibility index (Phi) is 6.44. The van der Waals surface area contributed by atoms with Gasteiger partial charge in [0.05, 0.1) is 25.4 Å². The van der Waals surface area contributed by atoms with Crippen LogP contribution in [0, 0.1) is 0 Å². The summed E-state index contributed by atoms with van der Waals surface area (Å²) in [6, 6.07) is 13.5. The van der Waals surface area contributed by atoms with Crippen LogP contribution in [0.15, 0.2) is 57.8 Å². The van der Waals surface area contributed by atoms with E-state index >= 15 is 0 Å². The van der Waals surface area contributed by atoms with Gasteiger partial charge in [-0.3, -0.25) is 9.69 Å². The second kappa shape index (κ2) is 9.59. The highest BCUT2D eigenvalue weighted by atomic mass is 16.6. The van der Waals surface area contributed by atoms with Gasteiger partial charge in [-0.1, -0.05) is 23.4 Å². The van der Waals surface area contributed by atoms with E-state index in [1.807, 2.05) is 47.4 Å². The molecule has 2 aromatic carbocycles. The molecule has 0 radical (unpaired) electrons. The summed E-state index contributed by atoms with van der Waals surface area (Å²) in [6.45, 7) is 4.16. The summed E-state index contributed by atoms with van der Waals surface area (Å²) in [6.07, 6.45) is 1.69. The van der Waals surface area contributed by atoms with Crippen molar-refractivity contribution in [1.82, 2.24) is 9.80 Å². The Morgan fingerprint density at radius 2 is 1.75 bits per heavy atom. The minimum absolute atomic E-state index is 0.0805. The molecule has 0 atom stereocenters. The molecule has 32 heavy (non-hydrogen) atoms. The number of amidine groups is 1. The standard InChI is InChI=1S/C23H26N6O3/c1-2-32-23(31)29-14-19-13-18(9-10-20(19)25-21(15-29)26-27-24)16-5-7-17(8-6-16)22(30)28-11-3-4-12-28/h5-10,13H,2-4,11-12,14-15H2,1H3,(H2,24,25,26). The van der Waals surface area contributed by atoms with Crippen LogP contribution in [0.5, 0.6) is 0 Å². The molecular weight excluding hydrogens is 408 g/mol. The highest BCUT2D eigenvalue weighted by Gasteiger charge is 2.23. The number of carbonyl (C=O) groups is 2. The van der Waals surface area contributed by atoms with Crippen molar-refractivity contribution in [2.24, 2.45) is 21.2 Å². The van der Waals surface area contributed by atoms with Gasteiger partial charge in [0.15, 0.2) is 5.84 Å². The molecule has 1 fully saturated rings. The van der Waals surface area contributed by atoms with Crippen molar-refractivity contribution < 1.29 is 14.3 Å². The number of hydrogen-bond acceptors (Lipinski definition) is 6. The third-order valence-corrected chi connectivity index (χ3v) is 5.58. The molecule has 0 bridgehead atoms. The van der Waals surface area contributed by atoms with Crippen LogP contribution in [-0.4, -0.2) is 53.9 Å². The second-order valence-electron chi connectivity index (χ2n) is 7.72. The zero-order valence-electron chi connectivity index (χ0n) is 18.0. The number of benzene rings is 2. The molecule has 2 aliphatic rings. The summed E-state index contributed by atoms with van der Waals surface area (Å²) >= 11 is 0. The molecule has 0 aromatic heterocycles. The lowest BCUT2D eigenvalue weighted by Crippen LogP contribution is -2.34. The van der Waals surface area contributed by atoms with E-state index in [0.717, 1.165) is 42.6 Å². The molecule has 0 spiro atoms. The van der Waals surface area contributed by atoms with Crippen molar-refractivity contribution in [3.05, 3.63) is 53.6 Å². The van der Waals surface area contributed by atoms with Crippen molar-refractivity contribution >= 4 is 23.5 Å². The third kappa shape index (κ3) is 4.61. The molecule has 166 valence electrons. The molecule has 1 saturated heterocycles. The summed E-state index contributed by atoms with van der Waals surface area (Å²) in [4.78, 5) is 32.9. The predicted octanol–water partition coefficient (Wildman–Crippen LogP) is 3.92. The fourth-order valence-electron chi connectivity index (χ4n) is 3.98. The quantitative estimate of drug-likeness (QED) is 0.448. The number of nitrogens with two attached hydrogens (primary N) is 1. The Balaban J connectivity index is 1.61. The molecular formula is C23H26N6O3. The van der Waals surface area contributed by atoms with Crippen LogP contribution in [-0.2, 0) is 11.3 Å². The predicted molar refractivity (Wildman–Crippen MR) is 121 cm³/mol. The first-order valence-corrected chi connectivity index (χ1v) is 10.7. The molecule has 2 aliphatic heterocycles. The number of carbonyl (C=O) groups excluding carboxylic acids is 2. The fourth-order valence-corrected chi connectivity index (χ4v) is 3.98. The molecule has 0 saturated carbocycles. The number of fused-ring (bicyclic) bond motifs is 1. The summed E-state index contributed by atoms with van der Waals surface area (Å²) in [5.74, 6) is 5.61. The van der Waals surface area contributed by atoms with Gasteiger partial charge in [-0.2, -0.15) is 0 Å². The van der Waals surface area contributed by atoms with Crippen LogP contribution < -0.4 is 5.84 Å². The van der Waals surface area contributed by atoms with Crippen LogP contribution in [0.1, 0.15) is 35.7 Å². The largest absolute Gasteiger partial charge is 0.450 e. The zero-order chi connectivity index (χ0) is 22.5. The summed E-state index contributed by atoms with van der Waals surface area (Å²) in [7, 11) is 0. The van der Waals surface area contributed by atoms with Gasteiger partial charge in [-0.15, -0.1) is 5.11 Å². The van der Waals surface area contributed by atoms with Crippen LogP contribution in [0.2, 0.25) is 0 Å². The van der Waals surface area contributed by atoms with Gasteiger partial charge in [-0.25, -0.2) is 9.79 Å². The number of amides is 2. The second-order valence-corrected chi connectivity index (χ2v) is 7.72. The van der Waals surface area contributed by atoms with Crippen molar-refractivity contribution in [2.75, 3.05) is 26.2 Å². The van der Waals surface area contributed by atoms with E-state index < -0.39 is 6.09 Å². The average molecular weight is 435 g/mol. The normalized spacial score (nSPS) is 16.0. The minimum atomic E-state index is -0.449. The summed E-state index contributed by atoms with van der Waals surface area (Å²) in [5.41, 5.74) is 4.19. The Labute approximate surface area is 186 Å². The smallest absolute Gasteiger partial charge is 0.410 e. The Hall–Kier alpha value is -3.75. The summed E-state index contributed by atoms with van der Waals surface area (Å²) < 4.78 is 5.16. The molecule has 2 aromatic rings. The molecule has 9 heteroatoms. The molecule has 0 unspecified atom stereocenters. The van der Waals surface area contributed by atoms with Crippen LogP contribution in [0.4, 0.5) is 10.5 Å². The maximum Gasteiger partial charge on any atom is 0.410 e. The number of nitrogens with zero attached hydrogens (tertiary/aromatic N) is 5. The molecule has 2 amide bonds. The van der Waals surface area contributed by atoms with E-state index in [0.29, 0.717) is 23.6 Å². The first-order chi connectivity index (χ1) is 15.6. The van der Waals surface area contributed by atoms with Crippen molar-refractivity contribution in [1.29, 1.82) is 0 Å².